The van der Waals surface area contributed by atoms with Gasteiger partial charge in [-0.3, -0.25) is 0 Å². The monoisotopic (exact) mass is 298 g/mol. The molecule has 0 atom stereocenters. The molecule has 0 aromatic carbocycles. The molecule has 0 unspecified atom stereocenters. The summed E-state index contributed by atoms with van der Waals surface area (Å²) in [5, 5.41) is 4.06. The lowest BCUT2D eigenvalue weighted by molar-refractivity contribution is 0.0236. The van der Waals surface area contributed by atoms with E-state index in [1.807, 2.05) is 12.1 Å². The number of hydrogen-bond acceptors (Lipinski definition) is 4. The van der Waals surface area contributed by atoms with Gasteiger partial charge in [-0.05, 0) is 26.8 Å². The van der Waals surface area contributed by atoms with Gasteiger partial charge in [0.15, 0.2) is 0 Å². The van der Waals surface area contributed by atoms with Crippen molar-refractivity contribution in [2.24, 2.45) is 0 Å². The van der Waals surface area contributed by atoms with Crippen LogP contribution >= 0.6 is 11.6 Å². The molecule has 0 radical (unpaired) electrons. The molecule has 1 saturated heterocycles. The van der Waals surface area contributed by atoms with Crippen LogP contribution in [0.4, 0.5) is 0 Å². The Kier molecular flexibility index (Phi) is 5.24. The quantitative estimate of drug-likeness (QED) is 0.927. The van der Waals surface area contributed by atoms with Crippen LogP contribution in [0, 0.1) is 0 Å². The van der Waals surface area contributed by atoms with Crippen LogP contribution in [-0.2, 0) is 11.3 Å². The van der Waals surface area contributed by atoms with E-state index in [0.29, 0.717) is 17.4 Å². The van der Waals surface area contributed by atoms with Gasteiger partial charge in [0.1, 0.15) is 6.10 Å². The van der Waals surface area contributed by atoms with E-state index in [1.54, 1.807) is 0 Å². The molecule has 5 heteroatoms. The molecular weight excluding hydrogens is 276 g/mol. The van der Waals surface area contributed by atoms with Crippen molar-refractivity contribution in [1.82, 2.24) is 10.3 Å². The molecule has 0 aliphatic carbocycles. The largest absolute Gasteiger partial charge is 0.474 e. The SMILES string of the molecule is CC(C)(C)NCc1nc(OC2CCOCC2)ccc1Cl. The van der Waals surface area contributed by atoms with E-state index in [-0.39, 0.29) is 11.6 Å². The maximum Gasteiger partial charge on any atom is 0.213 e. The lowest BCUT2D eigenvalue weighted by Gasteiger charge is -2.23. The van der Waals surface area contributed by atoms with Gasteiger partial charge in [0, 0.05) is 31.0 Å². The molecule has 0 spiro atoms. The molecule has 2 rings (SSSR count). The molecule has 1 N–H and O–H groups in total. The Morgan fingerprint density at radius 2 is 2.05 bits per heavy atom. The summed E-state index contributed by atoms with van der Waals surface area (Å²) < 4.78 is 11.2. The predicted molar refractivity (Wildman–Crippen MR) is 80.3 cm³/mol. The van der Waals surface area contributed by atoms with Gasteiger partial charge in [0.05, 0.1) is 23.9 Å². The average Bonchev–Trinajstić information content (AvgIpc) is 2.40. The highest BCUT2D eigenvalue weighted by atomic mass is 35.5. The van der Waals surface area contributed by atoms with E-state index in [1.165, 1.54) is 0 Å². The van der Waals surface area contributed by atoms with Crippen LogP contribution in [0.2, 0.25) is 5.02 Å². The average molecular weight is 299 g/mol. The fourth-order valence-corrected chi connectivity index (χ4v) is 2.14. The van der Waals surface area contributed by atoms with E-state index in [9.17, 15) is 0 Å². The van der Waals surface area contributed by atoms with E-state index < -0.39 is 0 Å². The van der Waals surface area contributed by atoms with Crippen molar-refractivity contribution in [3.63, 3.8) is 0 Å². The van der Waals surface area contributed by atoms with Gasteiger partial charge in [-0.25, -0.2) is 4.98 Å². The van der Waals surface area contributed by atoms with Crippen molar-refractivity contribution in [1.29, 1.82) is 0 Å². The number of hydrogen-bond donors (Lipinski definition) is 1. The van der Waals surface area contributed by atoms with Crippen LogP contribution in [-0.4, -0.2) is 29.8 Å². The molecule has 1 aliphatic rings. The molecule has 0 saturated carbocycles. The van der Waals surface area contributed by atoms with Gasteiger partial charge in [-0.2, -0.15) is 0 Å². The topological polar surface area (TPSA) is 43.4 Å². The molecule has 1 fully saturated rings. The van der Waals surface area contributed by atoms with Gasteiger partial charge >= 0.3 is 0 Å². The van der Waals surface area contributed by atoms with Crippen molar-refractivity contribution in [2.75, 3.05) is 13.2 Å². The minimum atomic E-state index is 0.0303. The maximum absolute atomic E-state index is 6.19. The van der Waals surface area contributed by atoms with Gasteiger partial charge in [0.2, 0.25) is 5.88 Å². The van der Waals surface area contributed by atoms with E-state index >= 15 is 0 Å². The summed E-state index contributed by atoms with van der Waals surface area (Å²) >= 11 is 6.19. The second-order valence-corrected chi connectivity index (χ2v) is 6.52. The summed E-state index contributed by atoms with van der Waals surface area (Å²) in [5.41, 5.74) is 0.855. The van der Waals surface area contributed by atoms with Gasteiger partial charge in [-0.15, -0.1) is 0 Å². The Bertz CT molecular complexity index is 440. The van der Waals surface area contributed by atoms with Crippen LogP contribution in [0.1, 0.15) is 39.3 Å². The second-order valence-electron chi connectivity index (χ2n) is 6.11. The van der Waals surface area contributed by atoms with Crippen molar-refractivity contribution in [3.8, 4) is 5.88 Å². The zero-order valence-corrected chi connectivity index (χ0v) is 13.2. The minimum Gasteiger partial charge on any atom is -0.474 e. The number of nitrogens with one attached hydrogen (secondary N) is 1. The Morgan fingerprint density at radius 3 is 2.70 bits per heavy atom. The number of rotatable bonds is 4. The van der Waals surface area contributed by atoms with Crippen molar-refractivity contribution >= 4 is 11.6 Å². The first-order valence-corrected chi connectivity index (χ1v) is 7.47. The molecule has 4 nitrogen and oxygen atoms in total. The fourth-order valence-electron chi connectivity index (χ4n) is 1.97. The van der Waals surface area contributed by atoms with E-state index in [4.69, 9.17) is 21.1 Å². The van der Waals surface area contributed by atoms with Crippen molar-refractivity contribution < 1.29 is 9.47 Å². The van der Waals surface area contributed by atoms with Gasteiger partial charge in [0.25, 0.3) is 0 Å². The third kappa shape index (κ3) is 4.93. The summed E-state index contributed by atoms with van der Waals surface area (Å²) in [5.74, 6) is 0.645. The summed E-state index contributed by atoms with van der Waals surface area (Å²) in [7, 11) is 0. The van der Waals surface area contributed by atoms with Crippen molar-refractivity contribution in [2.45, 2.75) is 51.8 Å². The third-order valence-electron chi connectivity index (χ3n) is 3.13. The van der Waals surface area contributed by atoms with Gasteiger partial charge < -0.3 is 14.8 Å². The van der Waals surface area contributed by atoms with E-state index in [0.717, 1.165) is 31.7 Å². The number of pyridine rings is 1. The summed E-state index contributed by atoms with van der Waals surface area (Å²) in [6.07, 6.45) is 2.03. The minimum absolute atomic E-state index is 0.0303. The fraction of sp³-hybridized carbons (Fsp3) is 0.667. The Labute approximate surface area is 125 Å². The predicted octanol–water partition coefficient (Wildman–Crippen LogP) is 3.18. The maximum atomic E-state index is 6.19. The highest BCUT2D eigenvalue weighted by molar-refractivity contribution is 6.31. The molecule has 0 bridgehead atoms. The van der Waals surface area contributed by atoms with Gasteiger partial charge in [-0.1, -0.05) is 11.6 Å². The lowest BCUT2D eigenvalue weighted by Crippen LogP contribution is -2.35. The summed E-state index contributed by atoms with van der Waals surface area (Å²) in [6.45, 7) is 8.50. The molecule has 20 heavy (non-hydrogen) atoms. The number of nitrogens with zero attached hydrogens (tertiary/aromatic N) is 1. The molecule has 1 aromatic heterocycles. The van der Waals surface area contributed by atoms with Crippen LogP contribution in [0.25, 0.3) is 0 Å². The zero-order chi connectivity index (χ0) is 14.6. The summed E-state index contributed by atoms with van der Waals surface area (Å²) in [6, 6.07) is 3.68. The molecule has 112 valence electrons. The Hall–Kier alpha value is -0.840. The molecular formula is C15H23ClN2O2. The van der Waals surface area contributed by atoms with E-state index in [2.05, 4.69) is 31.1 Å². The summed E-state index contributed by atoms with van der Waals surface area (Å²) in [4.78, 5) is 4.51. The number of aromatic nitrogens is 1. The standard InChI is InChI=1S/C15H23ClN2O2/c1-15(2,3)17-10-13-12(16)4-5-14(18-13)20-11-6-8-19-9-7-11/h4-5,11,17H,6-10H2,1-3H3. The third-order valence-corrected chi connectivity index (χ3v) is 3.48. The zero-order valence-electron chi connectivity index (χ0n) is 12.4. The van der Waals surface area contributed by atoms with Crippen molar-refractivity contribution in [3.05, 3.63) is 22.8 Å². The molecule has 1 aliphatic heterocycles. The second kappa shape index (κ2) is 6.74. The smallest absolute Gasteiger partial charge is 0.213 e. The van der Waals surface area contributed by atoms with Crippen LogP contribution in [0.5, 0.6) is 5.88 Å². The Morgan fingerprint density at radius 1 is 1.35 bits per heavy atom. The van der Waals surface area contributed by atoms with Crippen LogP contribution in [0.3, 0.4) is 0 Å². The highest BCUT2D eigenvalue weighted by Gasteiger charge is 2.17. The molecule has 1 aromatic rings. The first kappa shape index (κ1) is 15.5. The molecule has 2 heterocycles. The first-order valence-electron chi connectivity index (χ1n) is 7.09. The molecule has 0 amide bonds. The highest BCUT2D eigenvalue weighted by Crippen LogP contribution is 2.21. The van der Waals surface area contributed by atoms with Crippen LogP contribution < -0.4 is 10.1 Å². The number of halogens is 1. The number of ether oxygens (including phenoxy) is 2. The normalized spacial score (nSPS) is 17.2. The lowest BCUT2D eigenvalue weighted by atomic mass is 10.1. The Balaban J connectivity index is 1.99. The van der Waals surface area contributed by atoms with Crippen LogP contribution in [0.15, 0.2) is 12.1 Å². The first-order chi connectivity index (χ1) is 9.44.